The second-order valence-electron chi connectivity index (χ2n) is 6.22. The molecule has 0 aliphatic rings. The van der Waals surface area contributed by atoms with Crippen LogP contribution in [0.1, 0.15) is 34.8 Å². The summed E-state index contributed by atoms with van der Waals surface area (Å²) in [4.78, 5) is 26.8. The van der Waals surface area contributed by atoms with Gasteiger partial charge >= 0.3 is 0 Å². The fourth-order valence-electron chi connectivity index (χ4n) is 2.69. The van der Waals surface area contributed by atoms with Gasteiger partial charge in [0.2, 0.25) is 5.91 Å². The van der Waals surface area contributed by atoms with Crippen molar-refractivity contribution in [2.24, 2.45) is 0 Å². The van der Waals surface area contributed by atoms with Crippen molar-refractivity contribution in [3.05, 3.63) is 65.2 Å². The first-order chi connectivity index (χ1) is 12.5. The summed E-state index contributed by atoms with van der Waals surface area (Å²) in [5.41, 5.74) is 3.58. The van der Waals surface area contributed by atoms with Crippen molar-refractivity contribution in [2.75, 3.05) is 24.7 Å². The number of carbonyl (C=O) groups excluding carboxylic acids is 2. The number of amides is 2. The number of nitrogens with one attached hydrogen (secondary N) is 1. The second kappa shape index (κ2) is 10.0. The summed E-state index contributed by atoms with van der Waals surface area (Å²) in [6.45, 7) is 4.54. The fraction of sp³-hybridized carbons (Fsp3) is 0.333. The first-order valence-corrected chi connectivity index (χ1v) is 10.2. The van der Waals surface area contributed by atoms with Crippen LogP contribution in [0.3, 0.4) is 0 Å². The van der Waals surface area contributed by atoms with Crippen LogP contribution in [0.4, 0.5) is 5.69 Å². The summed E-state index contributed by atoms with van der Waals surface area (Å²) >= 11 is 1.75. The lowest BCUT2D eigenvalue weighted by Crippen LogP contribution is -2.38. The molecule has 0 unspecified atom stereocenters. The molecule has 0 aliphatic heterocycles. The van der Waals surface area contributed by atoms with Gasteiger partial charge in [-0.15, -0.1) is 0 Å². The maximum absolute atomic E-state index is 12.8. The number of hydrogen-bond acceptors (Lipinski definition) is 3. The van der Waals surface area contributed by atoms with E-state index < -0.39 is 0 Å². The monoisotopic (exact) mass is 370 g/mol. The molecule has 0 radical (unpaired) electrons. The average Bonchev–Trinajstić information content (AvgIpc) is 2.63. The van der Waals surface area contributed by atoms with Crippen LogP contribution in [0, 0.1) is 6.92 Å². The lowest BCUT2D eigenvalue weighted by atomic mass is 10.1. The maximum Gasteiger partial charge on any atom is 0.254 e. The van der Waals surface area contributed by atoms with E-state index in [0.29, 0.717) is 12.1 Å². The van der Waals surface area contributed by atoms with Gasteiger partial charge in [-0.05, 0) is 48.9 Å². The summed E-state index contributed by atoms with van der Waals surface area (Å²) in [6, 6.07) is 15.3. The van der Waals surface area contributed by atoms with Crippen molar-refractivity contribution in [2.45, 2.75) is 26.0 Å². The van der Waals surface area contributed by atoms with E-state index in [-0.39, 0.29) is 18.4 Å². The quantitative estimate of drug-likeness (QED) is 0.751. The lowest BCUT2D eigenvalue weighted by Gasteiger charge is -2.22. The van der Waals surface area contributed by atoms with Crippen molar-refractivity contribution in [1.82, 2.24) is 4.90 Å². The highest BCUT2D eigenvalue weighted by molar-refractivity contribution is 7.97. The minimum Gasteiger partial charge on any atom is -0.329 e. The third kappa shape index (κ3) is 5.63. The number of anilines is 1. The molecule has 138 valence electrons. The molecule has 0 aliphatic carbocycles. The minimum atomic E-state index is -0.180. The van der Waals surface area contributed by atoms with Crippen molar-refractivity contribution in [3.63, 3.8) is 0 Å². The highest BCUT2D eigenvalue weighted by Crippen LogP contribution is 2.15. The standard InChI is InChI=1S/C21H26N2O2S/c1-4-13-23(14-20(24)22-19-8-6-5-7-16(19)2)21(25)18-11-9-17(10-12-18)15-26-3/h5-12H,4,13-15H2,1-3H3,(H,22,24). The van der Waals surface area contributed by atoms with Gasteiger partial charge in [0.25, 0.3) is 5.91 Å². The Morgan fingerprint density at radius 3 is 2.38 bits per heavy atom. The van der Waals surface area contributed by atoms with Crippen molar-refractivity contribution in [3.8, 4) is 0 Å². The van der Waals surface area contributed by atoms with E-state index in [9.17, 15) is 9.59 Å². The Morgan fingerprint density at radius 2 is 1.77 bits per heavy atom. The molecule has 4 nitrogen and oxygen atoms in total. The highest BCUT2D eigenvalue weighted by Gasteiger charge is 2.18. The van der Waals surface area contributed by atoms with Crippen LogP contribution in [-0.4, -0.2) is 36.1 Å². The molecule has 0 heterocycles. The molecule has 5 heteroatoms. The Hall–Kier alpha value is -2.27. The first-order valence-electron chi connectivity index (χ1n) is 8.77. The number of nitrogens with zero attached hydrogens (tertiary/aromatic N) is 1. The smallest absolute Gasteiger partial charge is 0.254 e. The SMILES string of the molecule is CCCN(CC(=O)Nc1ccccc1C)C(=O)c1ccc(CSC)cc1. The third-order valence-electron chi connectivity index (χ3n) is 4.05. The van der Waals surface area contributed by atoms with Gasteiger partial charge in [-0.3, -0.25) is 9.59 Å². The lowest BCUT2D eigenvalue weighted by molar-refractivity contribution is -0.116. The van der Waals surface area contributed by atoms with Crippen LogP contribution < -0.4 is 5.32 Å². The molecule has 2 amide bonds. The molecule has 26 heavy (non-hydrogen) atoms. The summed E-state index contributed by atoms with van der Waals surface area (Å²) < 4.78 is 0. The molecule has 0 spiro atoms. The summed E-state index contributed by atoms with van der Waals surface area (Å²) in [6.07, 6.45) is 2.85. The Bertz CT molecular complexity index is 744. The molecule has 0 saturated heterocycles. The van der Waals surface area contributed by atoms with Crippen LogP contribution >= 0.6 is 11.8 Å². The predicted molar refractivity (Wildman–Crippen MR) is 110 cm³/mol. The number of thioether (sulfide) groups is 1. The third-order valence-corrected chi connectivity index (χ3v) is 4.67. The van der Waals surface area contributed by atoms with Crippen LogP contribution in [0.2, 0.25) is 0 Å². The summed E-state index contributed by atoms with van der Waals surface area (Å²) in [7, 11) is 0. The van der Waals surface area contributed by atoms with Crippen molar-refractivity contribution in [1.29, 1.82) is 0 Å². The number of hydrogen-bond donors (Lipinski definition) is 1. The van der Waals surface area contributed by atoms with Crippen molar-refractivity contribution < 1.29 is 9.59 Å². The molecule has 0 atom stereocenters. The fourth-order valence-corrected chi connectivity index (χ4v) is 3.22. The molecule has 0 aromatic heterocycles. The van der Waals surface area contributed by atoms with Gasteiger partial charge in [-0.2, -0.15) is 11.8 Å². The molecule has 1 N–H and O–H groups in total. The Morgan fingerprint density at radius 1 is 1.08 bits per heavy atom. The van der Waals surface area contributed by atoms with Gasteiger partial charge in [-0.25, -0.2) is 0 Å². The van der Waals surface area contributed by atoms with E-state index in [1.807, 2.05) is 62.4 Å². The number of rotatable bonds is 8. The van der Waals surface area contributed by atoms with Gasteiger partial charge in [-0.1, -0.05) is 37.3 Å². The largest absolute Gasteiger partial charge is 0.329 e. The second-order valence-corrected chi connectivity index (χ2v) is 7.09. The molecule has 0 bridgehead atoms. The van der Waals surface area contributed by atoms with Gasteiger partial charge in [0.15, 0.2) is 0 Å². The van der Waals surface area contributed by atoms with Crippen LogP contribution in [0.5, 0.6) is 0 Å². The van der Waals surface area contributed by atoms with E-state index in [2.05, 4.69) is 11.6 Å². The normalized spacial score (nSPS) is 10.4. The Kier molecular flexibility index (Phi) is 7.73. The first kappa shape index (κ1) is 20.0. The summed E-state index contributed by atoms with van der Waals surface area (Å²) in [5.74, 6) is 0.633. The van der Waals surface area contributed by atoms with Gasteiger partial charge in [0.1, 0.15) is 6.54 Å². The molecule has 2 rings (SSSR count). The highest BCUT2D eigenvalue weighted by atomic mass is 32.2. The molecule has 0 fully saturated rings. The molecule has 0 saturated carbocycles. The molecule has 2 aromatic carbocycles. The van der Waals surface area contributed by atoms with E-state index >= 15 is 0 Å². The summed E-state index contributed by atoms with van der Waals surface area (Å²) in [5, 5.41) is 2.90. The van der Waals surface area contributed by atoms with Gasteiger partial charge in [0.05, 0.1) is 0 Å². The number of para-hydroxylation sites is 1. The number of aryl methyl sites for hydroxylation is 1. The average molecular weight is 371 g/mol. The molecular formula is C21H26N2O2S. The number of benzene rings is 2. The molecule has 2 aromatic rings. The zero-order chi connectivity index (χ0) is 18.9. The zero-order valence-electron chi connectivity index (χ0n) is 15.6. The Balaban J connectivity index is 2.05. The van der Waals surface area contributed by atoms with E-state index in [1.54, 1.807) is 16.7 Å². The Labute approximate surface area is 160 Å². The zero-order valence-corrected chi connectivity index (χ0v) is 16.4. The maximum atomic E-state index is 12.8. The van der Waals surface area contributed by atoms with Crippen LogP contribution in [-0.2, 0) is 10.5 Å². The van der Waals surface area contributed by atoms with E-state index in [4.69, 9.17) is 0 Å². The van der Waals surface area contributed by atoms with Crippen LogP contribution in [0.25, 0.3) is 0 Å². The minimum absolute atomic E-state index is 0.0492. The van der Waals surface area contributed by atoms with Gasteiger partial charge in [0, 0.05) is 23.5 Å². The van der Waals surface area contributed by atoms with Crippen molar-refractivity contribution >= 4 is 29.3 Å². The topological polar surface area (TPSA) is 49.4 Å². The van der Waals surface area contributed by atoms with Crippen LogP contribution in [0.15, 0.2) is 48.5 Å². The van der Waals surface area contributed by atoms with E-state index in [0.717, 1.165) is 23.4 Å². The van der Waals surface area contributed by atoms with E-state index in [1.165, 1.54) is 5.56 Å². The predicted octanol–water partition coefficient (Wildman–Crippen LogP) is 4.35. The van der Waals surface area contributed by atoms with Gasteiger partial charge < -0.3 is 10.2 Å². The molecular weight excluding hydrogens is 344 g/mol. The number of carbonyl (C=O) groups is 2.